The lowest BCUT2D eigenvalue weighted by atomic mass is 9.95. The van der Waals surface area contributed by atoms with Gasteiger partial charge in [0.15, 0.2) is 18.1 Å². The molecule has 1 aliphatic heterocycles. The largest absolute Gasteiger partial charge is 0.493 e. The molecule has 3 aromatic rings. The van der Waals surface area contributed by atoms with E-state index in [0.29, 0.717) is 33.6 Å². The number of ether oxygens (including phenoxy) is 3. The molecule has 2 heterocycles. The number of hydrogen-bond donors (Lipinski definition) is 3. The first-order valence-electron chi connectivity index (χ1n) is 12.2. The molecule has 1 atom stereocenters. The summed E-state index contributed by atoms with van der Waals surface area (Å²) < 4.78 is 21.9. The van der Waals surface area contributed by atoms with Gasteiger partial charge in [-0.2, -0.15) is 5.10 Å². The van der Waals surface area contributed by atoms with Crippen LogP contribution in [0.4, 0.5) is 4.79 Å². The first kappa shape index (κ1) is 28.2. The van der Waals surface area contributed by atoms with Gasteiger partial charge in [-0.25, -0.2) is 15.0 Å². The van der Waals surface area contributed by atoms with Crippen LogP contribution in [-0.2, 0) is 14.3 Å². The van der Waals surface area contributed by atoms with Crippen molar-refractivity contribution in [3.05, 3.63) is 82.2 Å². The predicted molar refractivity (Wildman–Crippen MR) is 147 cm³/mol. The highest BCUT2D eigenvalue weighted by Gasteiger charge is 2.32. The fourth-order valence-corrected chi connectivity index (χ4v) is 4.16. The second kappa shape index (κ2) is 12.9. The standard InChI is InChI=1S/C28H27ClN4O7/c1-4-38-27(35)25-16(2)31-28(36)32-26(25)18-8-10-22(23(13-18)37-3)39-15-24(34)33-30-14-20-9-11-21(40-20)17-6-5-7-19(29)12-17/h5-14,26H,4,15H2,1-3H3,(H,33,34)(H2,31,32,36)/b30-14-/t26-/m0/s1. The average molecular weight is 567 g/mol. The number of hydrogen-bond acceptors (Lipinski definition) is 8. The SMILES string of the molecule is CCOC(=O)C1=C(C)NC(=O)N[C@H]1c1ccc(OCC(=O)N/N=C\c2ccc(-c3cccc(Cl)c3)o2)c(OC)c1. The number of halogens is 1. The van der Waals surface area contributed by atoms with E-state index < -0.39 is 23.9 Å². The van der Waals surface area contributed by atoms with E-state index in [1.807, 2.05) is 12.1 Å². The van der Waals surface area contributed by atoms with E-state index in [1.54, 1.807) is 56.3 Å². The zero-order chi connectivity index (χ0) is 28.6. The van der Waals surface area contributed by atoms with E-state index in [0.717, 1.165) is 5.56 Å². The molecule has 0 aliphatic carbocycles. The number of allylic oxidation sites excluding steroid dienone is 1. The number of amides is 3. The third-order valence-corrected chi connectivity index (χ3v) is 6.00. The van der Waals surface area contributed by atoms with Crippen LogP contribution in [0.25, 0.3) is 11.3 Å². The van der Waals surface area contributed by atoms with Crippen molar-refractivity contribution in [2.75, 3.05) is 20.3 Å². The molecule has 4 rings (SSSR count). The maximum atomic E-state index is 12.6. The molecule has 0 radical (unpaired) electrons. The lowest BCUT2D eigenvalue weighted by molar-refractivity contribution is -0.139. The quantitative estimate of drug-likeness (QED) is 0.188. The third-order valence-electron chi connectivity index (χ3n) is 5.76. The Bertz CT molecular complexity index is 1480. The highest BCUT2D eigenvalue weighted by molar-refractivity contribution is 6.30. The highest BCUT2D eigenvalue weighted by Crippen LogP contribution is 2.34. The van der Waals surface area contributed by atoms with Gasteiger partial charge < -0.3 is 29.3 Å². The van der Waals surface area contributed by atoms with E-state index in [-0.39, 0.29) is 24.5 Å². The molecule has 11 nitrogen and oxygen atoms in total. The van der Waals surface area contributed by atoms with Crippen molar-refractivity contribution in [2.45, 2.75) is 19.9 Å². The Labute approximate surface area is 235 Å². The van der Waals surface area contributed by atoms with Crippen LogP contribution in [-0.4, -0.2) is 44.4 Å². The van der Waals surface area contributed by atoms with Gasteiger partial charge in [0.2, 0.25) is 0 Å². The van der Waals surface area contributed by atoms with E-state index in [9.17, 15) is 14.4 Å². The lowest BCUT2D eigenvalue weighted by Crippen LogP contribution is -2.45. The number of furan rings is 1. The Kier molecular flexibility index (Phi) is 9.07. The number of nitrogens with zero attached hydrogens (tertiary/aromatic N) is 1. The number of carbonyl (C=O) groups excluding carboxylic acids is 3. The molecule has 0 saturated heterocycles. The molecule has 2 aromatic carbocycles. The minimum Gasteiger partial charge on any atom is -0.493 e. The molecule has 0 fully saturated rings. The Balaban J connectivity index is 1.38. The minimum absolute atomic E-state index is 0.185. The summed E-state index contributed by atoms with van der Waals surface area (Å²) in [6, 6.07) is 14.3. The molecule has 40 heavy (non-hydrogen) atoms. The molecule has 3 amide bonds. The molecule has 1 aliphatic rings. The van der Waals surface area contributed by atoms with E-state index in [2.05, 4.69) is 21.2 Å². The van der Waals surface area contributed by atoms with Crippen LogP contribution in [0.2, 0.25) is 5.02 Å². The first-order valence-corrected chi connectivity index (χ1v) is 12.6. The van der Waals surface area contributed by atoms with Crippen LogP contribution in [0, 0.1) is 0 Å². The fraction of sp³-hybridized carbons (Fsp3) is 0.214. The van der Waals surface area contributed by atoms with E-state index in [1.165, 1.54) is 13.3 Å². The Hall–Kier alpha value is -4.77. The summed E-state index contributed by atoms with van der Waals surface area (Å²) in [6.45, 7) is 3.15. The fourth-order valence-electron chi connectivity index (χ4n) is 3.97. The monoisotopic (exact) mass is 566 g/mol. The van der Waals surface area contributed by atoms with Gasteiger partial charge in [0.1, 0.15) is 11.5 Å². The molecule has 0 unspecified atom stereocenters. The van der Waals surface area contributed by atoms with Crippen LogP contribution in [0.3, 0.4) is 0 Å². The van der Waals surface area contributed by atoms with Crippen LogP contribution >= 0.6 is 11.6 Å². The van der Waals surface area contributed by atoms with Gasteiger partial charge in [0.25, 0.3) is 5.91 Å². The van der Waals surface area contributed by atoms with Gasteiger partial charge in [-0.05, 0) is 55.8 Å². The van der Waals surface area contributed by atoms with Crippen molar-refractivity contribution in [3.63, 3.8) is 0 Å². The number of hydrazone groups is 1. The van der Waals surface area contributed by atoms with Gasteiger partial charge in [-0.3, -0.25) is 4.79 Å². The summed E-state index contributed by atoms with van der Waals surface area (Å²) in [6.07, 6.45) is 1.37. The second-order valence-corrected chi connectivity index (χ2v) is 8.93. The van der Waals surface area contributed by atoms with Crippen LogP contribution < -0.4 is 25.5 Å². The summed E-state index contributed by atoms with van der Waals surface area (Å²) in [5.41, 5.74) is 4.41. The second-order valence-electron chi connectivity index (χ2n) is 8.50. The molecule has 12 heteroatoms. The number of urea groups is 1. The van der Waals surface area contributed by atoms with Gasteiger partial charge in [-0.1, -0.05) is 29.8 Å². The Morgan fingerprint density at radius 2 is 1.98 bits per heavy atom. The van der Waals surface area contributed by atoms with Crippen molar-refractivity contribution < 1.29 is 33.0 Å². The van der Waals surface area contributed by atoms with Crippen molar-refractivity contribution in [1.82, 2.24) is 16.1 Å². The van der Waals surface area contributed by atoms with Gasteiger partial charge in [-0.15, -0.1) is 0 Å². The smallest absolute Gasteiger partial charge is 0.338 e. The number of esters is 1. The maximum absolute atomic E-state index is 12.6. The molecule has 3 N–H and O–H groups in total. The summed E-state index contributed by atoms with van der Waals surface area (Å²) in [5.74, 6) is 0.554. The topological polar surface area (TPSA) is 140 Å². The lowest BCUT2D eigenvalue weighted by Gasteiger charge is -2.28. The molecule has 0 bridgehead atoms. The zero-order valence-electron chi connectivity index (χ0n) is 21.9. The first-order chi connectivity index (χ1) is 19.3. The number of methoxy groups -OCH3 is 1. The summed E-state index contributed by atoms with van der Waals surface area (Å²) in [7, 11) is 1.44. The van der Waals surface area contributed by atoms with Crippen molar-refractivity contribution >= 4 is 35.7 Å². The number of carbonyl (C=O) groups is 3. The zero-order valence-corrected chi connectivity index (χ0v) is 22.7. The molecule has 0 spiro atoms. The maximum Gasteiger partial charge on any atom is 0.338 e. The van der Waals surface area contributed by atoms with Crippen molar-refractivity contribution in [1.29, 1.82) is 0 Å². The molecular formula is C28H27ClN4O7. The number of nitrogens with one attached hydrogen (secondary N) is 3. The van der Waals surface area contributed by atoms with Crippen molar-refractivity contribution in [3.8, 4) is 22.8 Å². The average Bonchev–Trinajstić information content (AvgIpc) is 3.40. The highest BCUT2D eigenvalue weighted by atomic mass is 35.5. The molecule has 208 valence electrons. The minimum atomic E-state index is -0.769. The molecule has 1 aromatic heterocycles. The van der Waals surface area contributed by atoms with Gasteiger partial charge >= 0.3 is 12.0 Å². The third kappa shape index (κ3) is 6.80. The van der Waals surface area contributed by atoms with Gasteiger partial charge in [0, 0.05) is 16.3 Å². The summed E-state index contributed by atoms with van der Waals surface area (Å²) >= 11 is 6.02. The number of rotatable bonds is 10. The molecular weight excluding hydrogens is 540 g/mol. The van der Waals surface area contributed by atoms with Crippen LogP contribution in [0.5, 0.6) is 11.5 Å². The molecule has 0 saturated carbocycles. The van der Waals surface area contributed by atoms with Crippen LogP contribution in [0.15, 0.2) is 75.4 Å². The Morgan fingerprint density at radius 3 is 2.73 bits per heavy atom. The summed E-state index contributed by atoms with van der Waals surface area (Å²) in [5, 5.41) is 9.80. The van der Waals surface area contributed by atoms with Crippen molar-refractivity contribution in [2.24, 2.45) is 5.10 Å². The Morgan fingerprint density at radius 1 is 1.15 bits per heavy atom. The van der Waals surface area contributed by atoms with E-state index >= 15 is 0 Å². The van der Waals surface area contributed by atoms with E-state index in [4.69, 9.17) is 30.2 Å². The number of benzene rings is 2. The van der Waals surface area contributed by atoms with Gasteiger partial charge in [0.05, 0.1) is 31.5 Å². The summed E-state index contributed by atoms with van der Waals surface area (Å²) in [4.78, 5) is 37.0. The normalized spacial score (nSPS) is 14.9. The predicted octanol–water partition coefficient (Wildman–Crippen LogP) is 4.33. The van der Waals surface area contributed by atoms with Crippen LogP contribution in [0.1, 0.15) is 31.2 Å².